The largest absolute Gasteiger partial charge is 0.395 e. The van der Waals surface area contributed by atoms with E-state index in [1.165, 1.54) is 0 Å². The predicted molar refractivity (Wildman–Crippen MR) is 51.2 cm³/mol. The third-order valence-electron chi connectivity index (χ3n) is 1.50. The number of aliphatic hydroxyl groups excluding tert-OH is 2. The molecule has 0 aliphatic rings. The van der Waals surface area contributed by atoms with Gasteiger partial charge in [-0.05, 0) is 13.8 Å². The Labute approximate surface area is 78.8 Å². The lowest BCUT2D eigenvalue weighted by Crippen LogP contribution is -2.35. The number of nitrogens with zero attached hydrogens (tertiary/aromatic N) is 1. The van der Waals surface area contributed by atoms with E-state index in [0.717, 1.165) is 0 Å². The minimum atomic E-state index is 0. The summed E-state index contributed by atoms with van der Waals surface area (Å²) < 4.78 is 0. The van der Waals surface area contributed by atoms with Crippen LogP contribution in [0.5, 0.6) is 0 Å². The van der Waals surface area contributed by atoms with Crippen molar-refractivity contribution in [3.8, 4) is 0 Å². The maximum atomic E-state index is 8.59. The Kier molecular flexibility index (Phi) is 10.7. The monoisotopic (exact) mass is 227 g/mol. The standard InChI is InChI=1S/C7H17NO2.BrH/c1-7(2)8(3-5-9)4-6-10;/h7,9-10H,3-6H2,1-2H3;1H. The summed E-state index contributed by atoms with van der Waals surface area (Å²) in [6, 6.07) is 0.402. The van der Waals surface area contributed by atoms with Gasteiger partial charge < -0.3 is 10.2 Å². The van der Waals surface area contributed by atoms with Crippen LogP contribution in [0, 0.1) is 0 Å². The molecule has 11 heavy (non-hydrogen) atoms. The number of rotatable bonds is 5. The van der Waals surface area contributed by atoms with E-state index in [-0.39, 0.29) is 30.2 Å². The molecule has 0 saturated carbocycles. The molecule has 0 rings (SSSR count). The van der Waals surface area contributed by atoms with E-state index in [1.807, 2.05) is 18.7 Å². The molecular weight excluding hydrogens is 210 g/mol. The molecule has 2 N–H and O–H groups in total. The smallest absolute Gasteiger partial charge is 0.0558 e. The number of hydrogen-bond acceptors (Lipinski definition) is 3. The summed E-state index contributed by atoms with van der Waals surface area (Å²) in [5.74, 6) is 0. The van der Waals surface area contributed by atoms with Crippen LogP contribution in [0.2, 0.25) is 0 Å². The molecule has 0 unspecified atom stereocenters. The quantitative estimate of drug-likeness (QED) is 0.709. The van der Waals surface area contributed by atoms with Gasteiger partial charge in [-0.2, -0.15) is 0 Å². The van der Waals surface area contributed by atoms with Crippen LogP contribution in [0.4, 0.5) is 0 Å². The summed E-state index contributed by atoms with van der Waals surface area (Å²) in [7, 11) is 0. The van der Waals surface area contributed by atoms with Gasteiger partial charge in [0.25, 0.3) is 0 Å². The van der Waals surface area contributed by atoms with Gasteiger partial charge in [0.15, 0.2) is 0 Å². The molecule has 70 valence electrons. The SMILES string of the molecule is Br.CC(C)N(CCO)CCO. The first-order chi connectivity index (χ1) is 4.72. The summed E-state index contributed by atoms with van der Waals surface area (Å²) in [6.07, 6.45) is 0. The zero-order chi connectivity index (χ0) is 7.98. The fourth-order valence-corrected chi connectivity index (χ4v) is 0.885. The summed E-state index contributed by atoms with van der Waals surface area (Å²) >= 11 is 0. The van der Waals surface area contributed by atoms with Crippen molar-refractivity contribution in [3.05, 3.63) is 0 Å². The molecule has 0 spiro atoms. The predicted octanol–water partition coefficient (Wildman–Crippen LogP) is 0.259. The van der Waals surface area contributed by atoms with Crippen molar-refractivity contribution in [2.75, 3.05) is 26.3 Å². The molecule has 0 aromatic rings. The topological polar surface area (TPSA) is 43.7 Å². The molecule has 0 saturated heterocycles. The van der Waals surface area contributed by atoms with Crippen LogP contribution in [-0.4, -0.2) is 47.5 Å². The van der Waals surface area contributed by atoms with Gasteiger partial charge in [-0.1, -0.05) is 0 Å². The summed E-state index contributed by atoms with van der Waals surface area (Å²) in [5.41, 5.74) is 0. The van der Waals surface area contributed by atoms with E-state index in [0.29, 0.717) is 19.1 Å². The molecule has 0 aromatic carbocycles. The molecule has 3 nitrogen and oxygen atoms in total. The third-order valence-corrected chi connectivity index (χ3v) is 1.50. The highest BCUT2D eigenvalue weighted by Crippen LogP contribution is 1.94. The molecule has 0 aliphatic heterocycles. The Morgan fingerprint density at radius 2 is 1.45 bits per heavy atom. The van der Waals surface area contributed by atoms with Gasteiger partial charge >= 0.3 is 0 Å². The highest BCUT2D eigenvalue weighted by atomic mass is 79.9. The van der Waals surface area contributed by atoms with E-state index in [4.69, 9.17) is 10.2 Å². The Balaban J connectivity index is 0. The van der Waals surface area contributed by atoms with Crippen LogP contribution in [0.15, 0.2) is 0 Å². The Hall–Kier alpha value is 0.360. The second-order valence-electron chi connectivity index (χ2n) is 2.58. The second kappa shape index (κ2) is 8.46. The van der Waals surface area contributed by atoms with Gasteiger partial charge in [0.05, 0.1) is 13.2 Å². The van der Waals surface area contributed by atoms with Crippen LogP contribution in [0.1, 0.15) is 13.8 Å². The lowest BCUT2D eigenvalue weighted by Gasteiger charge is -2.24. The Morgan fingerprint density at radius 3 is 1.64 bits per heavy atom. The summed E-state index contributed by atoms with van der Waals surface area (Å²) in [4.78, 5) is 2.03. The molecule has 0 aliphatic carbocycles. The lowest BCUT2D eigenvalue weighted by atomic mass is 10.3. The first kappa shape index (κ1) is 13.9. The molecule has 0 bridgehead atoms. The number of halogens is 1. The van der Waals surface area contributed by atoms with Gasteiger partial charge in [-0.25, -0.2) is 0 Å². The van der Waals surface area contributed by atoms with E-state index in [9.17, 15) is 0 Å². The van der Waals surface area contributed by atoms with Gasteiger partial charge in [0.2, 0.25) is 0 Å². The van der Waals surface area contributed by atoms with Crippen molar-refractivity contribution < 1.29 is 10.2 Å². The minimum absolute atomic E-state index is 0. The van der Waals surface area contributed by atoms with E-state index >= 15 is 0 Å². The fraction of sp³-hybridized carbons (Fsp3) is 1.00. The zero-order valence-electron chi connectivity index (χ0n) is 7.16. The average Bonchev–Trinajstić information content (AvgIpc) is 1.87. The molecule has 0 fully saturated rings. The highest BCUT2D eigenvalue weighted by Gasteiger charge is 2.05. The number of hydrogen-bond donors (Lipinski definition) is 2. The van der Waals surface area contributed by atoms with Crippen molar-refractivity contribution in [1.29, 1.82) is 0 Å². The van der Waals surface area contributed by atoms with Crippen molar-refractivity contribution >= 4 is 17.0 Å². The van der Waals surface area contributed by atoms with E-state index in [2.05, 4.69) is 0 Å². The zero-order valence-corrected chi connectivity index (χ0v) is 8.87. The van der Waals surface area contributed by atoms with Crippen LogP contribution in [0.25, 0.3) is 0 Å². The van der Waals surface area contributed by atoms with Crippen LogP contribution in [-0.2, 0) is 0 Å². The summed E-state index contributed by atoms with van der Waals surface area (Å²) in [6.45, 7) is 5.73. The van der Waals surface area contributed by atoms with Crippen molar-refractivity contribution in [1.82, 2.24) is 4.90 Å². The van der Waals surface area contributed by atoms with Crippen LogP contribution < -0.4 is 0 Å². The first-order valence-electron chi connectivity index (χ1n) is 3.68. The fourth-order valence-electron chi connectivity index (χ4n) is 0.885. The molecule has 4 heteroatoms. The minimum Gasteiger partial charge on any atom is -0.395 e. The molecule has 0 radical (unpaired) electrons. The molecule has 0 atom stereocenters. The van der Waals surface area contributed by atoms with Crippen molar-refractivity contribution in [2.24, 2.45) is 0 Å². The van der Waals surface area contributed by atoms with Gasteiger partial charge in [0, 0.05) is 19.1 Å². The van der Waals surface area contributed by atoms with Crippen molar-refractivity contribution in [2.45, 2.75) is 19.9 Å². The third kappa shape index (κ3) is 6.75. The average molecular weight is 228 g/mol. The van der Waals surface area contributed by atoms with Gasteiger partial charge in [-0.3, -0.25) is 4.90 Å². The van der Waals surface area contributed by atoms with Gasteiger partial charge in [0.1, 0.15) is 0 Å². The Bertz CT molecular complexity index is 74.8. The normalized spacial score (nSPS) is 10.4. The van der Waals surface area contributed by atoms with Crippen LogP contribution in [0.3, 0.4) is 0 Å². The summed E-state index contributed by atoms with van der Waals surface area (Å²) in [5, 5.41) is 17.2. The maximum absolute atomic E-state index is 8.59. The molecule has 0 amide bonds. The molecular formula is C7H18BrNO2. The lowest BCUT2D eigenvalue weighted by molar-refractivity contribution is 0.135. The van der Waals surface area contributed by atoms with E-state index < -0.39 is 0 Å². The molecule has 0 heterocycles. The number of aliphatic hydroxyl groups is 2. The molecule has 0 aromatic heterocycles. The van der Waals surface area contributed by atoms with Crippen LogP contribution >= 0.6 is 17.0 Å². The maximum Gasteiger partial charge on any atom is 0.0558 e. The first-order valence-corrected chi connectivity index (χ1v) is 3.68. The Morgan fingerprint density at radius 1 is 1.09 bits per heavy atom. The highest BCUT2D eigenvalue weighted by molar-refractivity contribution is 8.93. The van der Waals surface area contributed by atoms with Crippen molar-refractivity contribution in [3.63, 3.8) is 0 Å². The second-order valence-corrected chi connectivity index (χ2v) is 2.58. The van der Waals surface area contributed by atoms with E-state index in [1.54, 1.807) is 0 Å². The van der Waals surface area contributed by atoms with Gasteiger partial charge in [-0.15, -0.1) is 17.0 Å².